The van der Waals surface area contributed by atoms with Gasteiger partial charge in [-0.3, -0.25) is 9.69 Å². The Morgan fingerprint density at radius 2 is 1.76 bits per heavy atom. The highest BCUT2D eigenvalue weighted by molar-refractivity contribution is 5.94. The second kappa shape index (κ2) is 8.79. The molecule has 0 aliphatic carbocycles. The molecular weight excluding hydrogens is 312 g/mol. The second-order valence-corrected chi connectivity index (χ2v) is 6.65. The fourth-order valence-electron chi connectivity index (χ4n) is 3.44. The third-order valence-corrected chi connectivity index (χ3v) is 4.88. The number of nitrogens with one attached hydrogen (secondary N) is 1. The number of piperidine rings is 1. The highest BCUT2D eigenvalue weighted by Gasteiger charge is 2.25. The first-order chi connectivity index (χ1) is 12.2. The summed E-state index contributed by atoms with van der Waals surface area (Å²) in [5.74, 6) is -0.0327. The lowest BCUT2D eigenvalue weighted by Gasteiger charge is -2.37. The number of likely N-dealkylation sites (tertiary alicyclic amines) is 1. The summed E-state index contributed by atoms with van der Waals surface area (Å²) < 4.78 is 0. The normalized spacial score (nSPS) is 19.3. The highest BCUT2D eigenvalue weighted by atomic mass is 16.3. The molecule has 1 fully saturated rings. The molecule has 0 radical (unpaired) electrons. The monoisotopic (exact) mass is 338 g/mol. The molecule has 132 valence electrons. The van der Waals surface area contributed by atoms with Gasteiger partial charge >= 0.3 is 0 Å². The molecule has 1 aliphatic rings. The number of aliphatic hydroxyl groups excluding tert-OH is 1. The summed E-state index contributed by atoms with van der Waals surface area (Å²) in [4.78, 5) is 14.6. The van der Waals surface area contributed by atoms with Crippen LogP contribution >= 0.6 is 0 Å². The third-order valence-electron chi connectivity index (χ3n) is 4.88. The Morgan fingerprint density at radius 3 is 2.48 bits per heavy atom. The molecule has 2 atom stereocenters. The van der Waals surface area contributed by atoms with Crippen molar-refractivity contribution < 1.29 is 9.90 Å². The molecule has 3 rings (SSSR count). The maximum Gasteiger partial charge on any atom is 0.251 e. The molecule has 1 aliphatic heterocycles. The van der Waals surface area contributed by atoms with E-state index in [4.69, 9.17) is 0 Å². The predicted octanol–water partition coefficient (Wildman–Crippen LogP) is 3.00. The zero-order valence-electron chi connectivity index (χ0n) is 14.5. The maximum absolute atomic E-state index is 12.3. The van der Waals surface area contributed by atoms with Crippen LogP contribution < -0.4 is 5.32 Å². The summed E-state index contributed by atoms with van der Waals surface area (Å²) in [6.07, 6.45) is 2.87. The lowest BCUT2D eigenvalue weighted by Crippen LogP contribution is -2.48. The van der Waals surface area contributed by atoms with Crippen LogP contribution in [0.1, 0.15) is 41.3 Å². The van der Waals surface area contributed by atoms with Gasteiger partial charge in [0.2, 0.25) is 0 Å². The molecule has 2 aromatic carbocycles. The van der Waals surface area contributed by atoms with E-state index in [2.05, 4.69) is 10.2 Å². The Bertz CT molecular complexity index is 660. The van der Waals surface area contributed by atoms with E-state index in [1.165, 1.54) is 6.42 Å². The van der Waals surface area contributed by atoms with Gasteiger partial charge in [-0.15, -0.1) is 0 Å². The Hall–Kier alpha value is -2.17. The fraction of sp³-hybridized carbons (Fsp3) is 0.381. The van der Waals surface area contributed by atoms with Gasteiger partial charge in [0.1, 0.15) is 0 Å². The predicted molar refractivity (Wildman–Crippen MR) is 99.4 cm³/mol. The topological polar surface area (TPSA) is 52.6 Å². The summed E-state index contributed by atoms with van der Waals surface area (Å²) in [7, 11) is 0. The van der Waals surface area contributed by atoms with Crippen LogP contribution in [0.15, 0.2) is 60.7 Å². The van der Waals surface area contributed by atoms with Crippen molar-refractivity contribution in [1.29, 1.82) is 0 Å². The maximum atomic E-state index is 12.3. The van der Waals surface area contributed by atoms with Gasteiger partial charge in [-0.2, -0.15) is 0 Å². The van der Waals surface area contributed by atoms with Crippen molar-refractivity contribution in [2.45, 2.75) is 31.4 Å². The van der Waals surface area contributed by atoms with Crippen molar-refractivity contribution in [2.24, 2.45) is 0 Å². The summed E-state index contributed by atoms with van der Waals surface area (Å²) in [6.45, 7) is 2.20. The average Bonchev–Trinajstić information content (AvgIpc) is 2.68. The number of rotatable bonds is 6. The molecule has 2 N–H and O–H groups in total. The molecule has 2 aromatic rings. The van der Waals surface area contributed by atoms with Crippen LogP contribution in [0.25, 0.3) is 0 Å². The lowest BCUT2D eigenvalue weighted by molar-refractivity contribution is 0.0646. The minimum Gasteiger partial charge on any atom is -0.387 e. The van der Waals surface area contributed by atoms with Gasteiger partial charge in [-0.1, -0.05) is 55.0 Å². The second-order valence-electron chi connectivity index (χ2n) is 6.65. The summed E-state index contributed by atoms with van der Waals surface area (Å²) >= 11 is 0. The molecule has 1 heterocycles. The van der Waals surface area contributed by atoms with Crippen LogP contribution in [0.4, 0.5) is 0 Å². The standard InChI is InChI=1S/C21H26N2O2/c24-20(17-9-3-1-4-10-17)16-23-14-8-7-13-19(23)15-22-21(25)18-11-5-2-6-12-18/h1-6,9-12,19-20,24H,7-8,13-16H2,(H,22,25). The van der Waals surface area contributed by atoms with Crippen LogP contribution in [0, 0.1) is 0 Å². The molecule has 2 unspecified atom stereocenters. The van der Waals surface area contributed by atoms with E-state index in [1.54, 1.807) is 0 Å². The van der Waals surface area contributed by atoms with Crippen LogP contribution in [-0.2, 0) is 0 Å². The van der Waals surface area contributed by atoms with E-state index in [-0.39, 0.29) is 11.9 Å². The Balaban J connectivity index is 1.56. The van der Waals surface area contributed by atoms with Crippen molar-refractivity contribution >= 4 is 5.91 Å². The van der Waals surface area contributed by atoms with Crippen molar-refractivity contribution in [1.82, 2.24) is 10.2 Å². The number of benzene rings is 2. The fourth-order valence-corrected chi connectivity index (χ4v) is 3.44. The number of hydrogen-bond acceptors (Lipinski definition) is 3. The zero-order chi connectivity index (χ0) is 17.5. The zero-order valence-corrected chi connectivity index (χ0v) is 14.5. The van der Waals surface area contributed by atoms with E-state index in [0.717, 1.165) is 24.9 Å². The molecule has 0 spiro atoms. The Morgan fingerprint density at radius 1 is 1.08 bits per heavy atom. The molecule has 0 bridgehead atoms. The number of hydrogen-bond donors (Lipinski definition) is 2. The number of aliphatic hydroxyl groups is 1. The van der Waals surface area contributed by atoms with Gasteiger partial charge in [0.15, 0.2) is 0 Å². The first-order valence-electron chi connectivity index (χ1n) is 9.04. The number of amides is 1. The molecule has 0 aromatic heterocycles. The van der Waals surface area contributed by atoms with Crippen molar-refractivity contribution in [3.63, 3.8) is 0 Å². The van der Waals surface area contributed by atoms with E-state index < -0.39 is 6.10 Å². The van der Waals surface area contributed by atoms with E-state index in [9.17, 15) is 9.90 Å². The molecule has 4 nitrogen and oxygen atoms in total. The quantitative estimate of drug-likeness (QED) is 0.851. The number of nitrogens with zero attached hydrogens (tertiary/aromatic N) is 1. The van der Waals surface area contributed by atoms with Gasteiger partial charge in [0, 0.05) is 24.7 Å². The summed E-state index contributed by atoms with van der Waals surface area (Å²) in [5.41, 5.74) is 1.63. The highest BCUT2D eigenvalue weighted by Crippen LogP contribution is 2.21. The van der Waals surface area contributed by atoms with Crippen molar-refractivity contribution in [3.05, 3.63) is 71.8 Å². The molecule has 0 saturated carbocycles. The van der Waals surface area contributed by atoms with Crippen LogP contribution in [0.2, 0.25) is 0 Å². The molecule has 1 saturated heterocycles. The van der Waals surface area contributed by atoms with Crippen LogP contribution in [-0.4, -0.2) is 41.6 Å². The SMILES string of the molecule is O=C(NCC1CCCCN1CC(O)c1ccccc1)c1ccccc1. The van der Waals surface area contributed by atoms with Crippen LogP contribution in [0.5, 0.6) is 0 Å². The third kappa shape index (κ3) is 4.91. The summed E-state index contributed by atoms with van der Waals surface area (Å²) in [6, 6.07) is 19.4. The number of carbonyl (C=O) groups is 1. The van der Waals surface area contributed by atoms with Gasteiger partial charge in [-0.05, 0) is 37.1 Å². The number of β-amino-alcohol motifs (C(OH)–C–C–N with tert-alkyl or cyclic N) is 1. The van der Waals surface area contributed by atoms with E-state index in [0.29, 0.717) is 18.7 Å². The largest absolute Gasteiger partial charge is 0.387 e. The molecular formula is C21H26N2O2. The first-order valence-corrected chi connectivity index (χ1v) is 9.04. The molecule has 25 heavy (non-hydrogen) atoms. The van der Waals surface area contributed by atoms with Crippen LogP contribution in [0.3, 0.4) is 0 Å². The lowest BCUT2D eigenvalue weighted by atomic mass is 10.00. The van der Waals surface area contributed by atoms with Gasteiger partial charge in [0.25, 0.3) is 5.91 Å². The van der Waals surface area contributed by atoms with Gasteiger partial charge in [-0.25, -0.2) is 0 Å². The average molecular weight is 338 g/mol. The Kier molecular flexibility index (Phi) is 6.20. The molecule has 4 heteroatoms. The first kappa shape index (κ1) is 17.6. The van der Waals surface area contributed by atoms with Gasteiger partial charge in [0.05, 0.1) is 6.10 Å². The van der Waals surface area contributed by atoms with Crippen molar-refractivity contribution in [3.8, 4) is 0 Å². The Labute approximate surface area is 149 Å². The van der Waals surface area contributed by atoms with Gasteiger partial charge < -0.3 is 10.4 Å². The smallest absolute Gasteiger partial charge is 0.251 e. The minimum atomic E-state index is -0.494. The minimum absolute atomic E-state index is 0.0327. The molecule has 1 amide bonds. The summed E-state index contributed by atoms with van der Waals surface area (Å²) in [5, 5.41) is 13.6. The number of carbonyl (C=O) groups excluding carboxylic acids is 1. The van der Waals surface area contributed by atoms with E-state index >= 15 is 0 Å². The van der Waals surface area contributed by atoms with Crippen molar-refractivity contribution in [2.75, 3.05) is 19.6 Å². The van der Waals surface area contributed by atoms with E-state index in [1.807, 2.05) is 60.7 Å².